The SMILES string of the molecule is [C-]#[N+]c1cc(C#N)cc(-c2ccc3c4ccccc4n(-c4cc(C#N)cc(-n5c6ccccc6c6ccc(-c7cc(C#N)cc([N+]#[C-])c7)cc65)c4-c4ccc(C#N)cc4F)c3c2)c1. The molecule has 0 saturated carbocycles. The number of hydrogen-bond donors (Lipinski definition) is 0. The van der Waals surface area contributed by atoms with Crippen molar-refractivity contribution in [1.29, 1.82) is 21.0 Å². The van der Waals surface area contributed by atoms with Crippen molar-refractivity contribution in [2.75, 3.05) is 0 Å². The summed E-state index contributed by atoms with van der Waals surface area (Å²) in [5.41, 5.74) is 9.29. The predicted octanol–water partition coefficient (Wildman–Crippen LogP) is 13.6. The molecule has 0 unspecified atom stereocenters. The Hall–Kier alpha value is -9.77. The van der Waals surface area contributed by atoms with Gasteiger partial charge in [-0.25, -0.2) is 14.1 Å². The minimum absolute atomic E-state index is 0.146. The maximum absolute atomic E-state index is 16.9. The molecule has 9 heteroatoms. The predicted molar refractivity (Wildman–Crippen MR) is 243 cm³/mol. The van der Waals surface area contributed by atoms with Crippen LogP contribution in [0.15, 0.2) is 152 Å². The average Bonchev–Trinajstić information content (AvgIpc) is 3.85. The molecule has 8 nitrogen and oxygen atoms in total. The van der Waals surface area contributed by atoms with Crippen LogP contribution < -0.4 is 0 Å². The highest BCUT2D eigenvalue weighted by molar-refractivity contribution is 6.13. The fourth-order valence-electron chi connectivity index (χ4n) is 8.73. The lowest BCUT2D eigenvalue weighted by Gasteiger charge is -2.21. The van der Waals surface area contributed by atoms with Gasteiger partial charge >= 0.3 is 0 Å². The summed E-state index contributed by atoms with van der Waals surface area (Å²) in [4.78, 5) is 7.22. The molecule has 0 amide bonds. The number of benzene rings is 8. The third-order valence-corrected chi connectivity index (χ3v) is 11.4. The Balaban J connectivity index is 1.36. The maximum atomic E-state index is 16.9. The smallest absolute Gasteiger partial charge is 0.189 e. The Kier molecular flexibility index (Phi) is 8.81. The highest BCUT2D eigenvalue weighted by Gasteiger charge is 2.25. The monoisotopic (exact) mass is 804 g/mol. The normalized spacial score (nSPS) is 10.8. The van der Waals surface area contributed by atoms with Crippen LogP contribution >= 0.6 is 0 Å². The van der Waals surface area contributed by atoms with Crippen LogP contribution in [-0.2, 0) is 0 Å². The Morgan fingerprint density at radius 3 is 1.30 bits per heavy atom. The molecule has 0 saturated heterocycles. The fourth-order valence-corrected chi connectivity index (χ4v) is 8.73. The van der Waals surface area contributed by atoms with E-state index in [1.54, 1.807) is 60.7 Å². The van der Waals surface area contributed by atoms with Crippen molar-refractivity contribution < 1.29 is 4.39 Å². The van der Waals surface area contributed by atoms with Crippen molar-refractivity contribution in [2.45, 2.75) is 0 Å². The van der Waals surface area contributed by atoms with Crippen LogP contribution in [0.4, 0.5) is 15.8 Å². The van der Waals surface area contributed by atoms with Gasteiger partial charge in [0.15, 0.2) is 11.4 Å². The van der Waals surface area contributed by atoms with E-state index in [0.29, 0.717) is 56.1 Å². The molecule has 2 aromatic heterocycles. The van der Waals surface area contributed by atoms with E-state index in [1.807, 2.05) is 94.1 Å². The molecular weight excluding hydrogens is 780 g/mol. The van der Waals surface area contributed by atoms with Gasteiger partial charge in [-0.1, -0.05) is 60.7 Å². The second-order valence-electron chi connectivity index (χ2n) is 15.0. The molecule has 63 heavy (non-hydrogen) atoms. The first-order valence-electron chi connectivity index (χ1n) is 19.6. The summed E-state index contributed by atoms with van der Waals surface area (Å²) in [7, 11) is 0. The minimum atomic E-state index is -0.635. The summed E-state index contributed by atoms with van der Waals surface area (Å²) < 4.78 is 21.0. The van der Waals surface area contributed by atoms with E-state index in [4.69, 9.17) is 13.1 Å². The van der Waals surface area contributed by atoms with E-state index in [-0.39, 0.29) is 11.1 Å². The van der Waals surface area contributed by atoms with Crippen molar-refractivity contribution in [3.63, 3.8) is 0 Å². The third kappa shape index (κ3) is 6.08. The molecular formula is C54H25FN8. The second-order valence-corrected chi connectivity index (χ2v) is 15.0. The number of halogens is 1. The van der Waals surface area contributed by atoms with Crippen molar-refractivity contribution >= 4 is 55.0 Å². The van der Waals surface area contributed by atoms with E-state index in [0.717, 1.165) is 54.7 Å². The van der Waals surface area contributed by atoms with Crippen LogP contribution in [0.1, 0.15) is 22.3 Å². The van der Waals surface area contributed by atoms with Gasteiger partial charge in [0.05, 0.1) is 82.0 Å². The van der Waals surface area contributed by atoms with Crippen molar-refractivity contribution in [3.8, 4) is 69.0 Å². The lowest BCUT2D eigenvalue weighted by molar-refractivity contribution is 0.630. The molecule has 0 radical (unpaired) electrons. The first-order valence-corrected chi connectivity index (χ1v) is 19.6. The summed E-state index contributed by atoms with van der Waals surface area (Å²) >= 11 is 0. The average molecular weight is 805 g/mol. The second kappa shape index (κ2) is 14.8. The van der Waals surface area contributed by atoms with E-state index < -0.39 is 5.82 Å². The van der Waals surface area contributed by atoms with Crippen LogP contribution in [0, 0.1) is 64.3 Å². The molecule has 0 fully saturated rings. The molecule has 0 aliphatic heterocycles. The van der Waals surface area contributed by atoms with Gasteiger partial charge in [0, 0.05) is 43.8 Å². The lowest BCUT2D eigenvalue weighted by atomic mass is 9.96. The van der Waals surface area contributed by atoms with Crippen LogP contribution in [0.5, 0.6) is 0 Å². The molecule has 0 bridgehead atoms. The number of rotatable bonds is 5. The van der Waals surface area contributed by atoms with Gasteiger partial charge in [-0.15, -0.1) is 0 Å². The molecule has 0 N–H and O–H groups in total. The number of para-hydroxylation sites is 2. The Morgan fingerprint density at radius 2 is 0.857 bits per heavy atom. The Morgan fingerprint density at radius 1 is 0.413 bits per heavy atom. The largest absolute Gasteiger partial charge is 0.308 e. The van der Waals surface area contributed by atoms with E-state index in [9.17, 15) is 21.0 Å². The van der Waals surface area contributed by atoms with Gasteiger partial charge in [0.2, 0.25) is 0 Å². The molecule has 10 aromatic rings. The highest BCUT2D eigenvalue weighted by atomic mass is 19.1. The third-order valence-electron chi connectivity index (χ3n) is 11.4. The standard InChI is InChI=1S/C54H25FN8/c1-60-40-19-33(29-57)17-38(24-40)36-12-15-44-42-7-3-5-9-48(42)62(50(44)26-36)52-22-35(31-59)23-53(54(52)46-14-11-32(28-56)21-47(46)55)63-49-10-6-4-8-43(49)45-16-13-37(27-51(45)63)39-18-34(30-58)20-41(25-39)61-2/h3-27H. The van der Waals surface area contributed by atoms with Gasteiger partial charge in [-0.05, 0) is 113 Å². The Labute approximate surface area is 359 Å². The molecule has 0 atom stereocenters. The topological polar surface area (TPSA) is 114 Å². The van der Waals surface area contributed by atoms with E-state index in [1.165, 1.54) is 6.07 Å². The summed E-state index contributed by atoms with van der Waals surface area (Å²) in [6.45, 7) is 15.4. The molecule has 0 spiro atoms. The molecule has 8 aromatic carbocycles. The van der Waals surface area contributed by atoms with Crippen molar-refractivity contribution in [2.24, 2.45) is 0 Å². The summed E-state index contributed by atoms with van der Waals surface area (Å²) in [5.74, 6) is -0.635. The summed E-state index contributed by atoms with van der Waals surface area (Å²) in [6, 6.07) is 54.2. The van der Waals surface area contributed by atoms with Gasteiger partial charge < -0.3 is 9.13 Å². The van der Waals surface area contributed by atoms with Crippen LogP contribution in [-0.4, -0.2) is 9.13 Å². The molecule has 0 aliphatic carbocycles. The molecule has 2 heterocycles. The fraction of sp³-hybridized carbons (Fsp3) is 0. The van der Waals surface area contributed by atoms with E-state index >= 15 is 4.39 Å². The zero-order valence-corrected chi connectivity index (χ0v) is 32.9. The van der Waals surface area contributed by atoms with Crippen molar-refractivity contribution in [1.82, 2.24) is 9.13 Å². The van der Waals surface area contributed by atoms with Crippen LogP contribution in [0.25, 0.3) is 98.1 Å². The van der Waals surface area contributed by atoms with Crippen molar-refractivity contribution in [3.05, 3.63) is 203 Å². The van der Waals surface area contributed by atoms with Gasteiger partial charge in [0.1, 0.15) is 5.82 Å². The van der Waals surface area contributed by atoms with Gasteiger partial charge in [-0.2, -0.15) is 21.0 Å². The highest BCUT2D eigenvalue weighted by Crippen LogP contribution is 2.45. The number of hydrogen-bond acceptors (Lipinski definition) is 4. The first-order chi connectivity index (χ1) is 30.8. The number of nitriles is 4. The van der Waals surface area contributed by atoms with Crippen LogP contribution in [0.2, 0.25) is 0 Å². The number of aromatic nitrogens is 2. The number of fused-ring (bicyclic) bond motifs is 6. The molecule has 288 valence electrons. The zero-order chi connectivity index (χ0) is 43.4. The van der Waals surface area contributed by atoms with Gasteiger partial charge in [0.25, 0.3) is 0 Å². The van der Waals surface area contributed by atoms with Crippen LogP contribution in [0.3, 0.4) is 0 Å². The van der Waals surface area contributed by atoms with E-state index in [2.05, 4.69) is 34.0 Å². The lowest BCUT2D eigenvalue weighted by Crippen LogP contribution is -2.06. The number of nitrogens with zero attached hydrogens (tertiary/aromatic N) is 8. The zero-order valence-electron chi connectivity index (χ0n) is 32.9. The van der Waals surface area contributed by atoms with Gasteiger partial charge in [-0.3, -0.25) is 0 Å². The molecule has 0 aliphatic rings. The maximum Gasteiger partial charge on any atom is 0.189 e. The Bertz CT molecular complexity index is 3620. The first kappa shape index (κ1) is 37.5. The summed E-state index contributed by atoms with van der Waals surface area (Å²) in [6.07, 6.45) is 0. The summed E-state index contributed by atoms with van der Waals surface area (Å²) in [5, 5.41) is 43.9. The quantitative estimate of drug-likeness (QED) is 0.161. The molecule has 10 rings (SSSR count). The minimum Gasteiger partial charge on any atom is -0.308 e.